The summed E-state index contributed by atoms with van der Waals surface area (Å²) >= 11 is 0. The van der Waals surface area contributed by atoms with Gasteiger partial charge in [0, 0.05) is 6.20 Å². The van der Waals surface area contributed by atoms with Crippen LogP contribution in [0.15, 0.2) is 24.9 Å². The minimum atomic E-state index is -4.85. The van der Waals surface area contributed by atoms with Crippen molar-refractivity contribution in [2.24, 2.45) is 0 Å². The number of halogens is 3. The van der Waals surface area contributed by atoms with Gasteiger partial charge in [-0.15, -0.1) is 13.2 Å². The van der Waals surface area contributed by atoms with Crippen molar-refractivity contribution in [2.75, 3.05) is 16.8 Å². The van der Waals surface area contributed by atoms with Crippen molar-refractivity contribution < 1.29 is 27.4 Å². The van der Waals surface area contributed by atoms with Crippen LogP contribution in [0.5, 0.6) is 5.88 Å². The average Bonchev–Trinajstić information content (AvgIpc) is 3.39. The molecule has 0 bridgehead atoms. The van der Waals surface area contributed by atoms with Crippen molar-refractivity contribution in [3.05, 3.63) is 36.4 Å². The summed E-state index contributed by atoms with van der Waals surface area (Å²) in [6.07, 6.45) is 0.392. The average molecular weight is 479 g/mol. The Balaban J connectivity index is 1.48. The third-order valence-corrected chi connectivity index (χ3v) is 4.87. The molecule has 1 aliphatic heterocycles. The predicted octanol–water partition coefficient (Wildman–Crippen LogP) is 2.96. The third kappa shape index (κ3) is 5.13. The molecule has 180 valence electrons. The second-order valence-electron chi connectivity index (χ2n) is 7.35. The molecule has 1 amide bonds. The number of cyclic esters (lactones) is 1. The maximum atomic E-state index is 12.3. The van der Waals surface area contributed by atoms with Gasteiger partial charge in [-0.1, -0.05) is 6.92 Å². The van der Waals surface area contributed by atoms with Gasteiger partial charge < -0.3 is 14.8 Å². The first-order valence-electron chi connectivity index (χ1n) is 10.2. The highest BCUT2D eigenvalue weighted by Gasteiger charge is 2.35. The SMILES string of the molecule is CC[C@H]1COC(=O)N1c1nc(C)nc(N[C@@H](C)c2cn(-c3cnc(OC(F)(F)F)cn3)cn2)n1. The van der Waals surface area contributed by atoms with Gasteiger partial charge in [0.2, 0.25) is 17.8 Å². The Labute approximate surface area is 191 Å². The van der Waals surface area contributed by atoms with Gasteiger partial charge in [0.15, 0.2) is 5.82 Å². The Kier molecular flexibility index (Phi) is 6.17. The van der Waals surface area contributed by atoms with E-state index in [0.717, 1.165) is 12.4 Å². The number of carbonyl (C=O) groups is 1. The maximum absolute atomic E-state index is 12.3. The lowest BCUT2D eigenvalue weighted by Crippen LogP contribution is -2.34. The molecule has 1 N–H and O–H groups in total. The lowest BCUT2D eigenvalue weighted by atomic mass is 10.2. The van der Waals surface area contributed by atoms with Crippen LogP contribution in [0.2, 0.25) is 0 Å². The van der Waals surface area contributed by atoms with E-state index in [9.17, 15) is 18.0 Å². The largest absolute Gasteiger partial charge is 0.574 e. The minimum Gasteiger partial charge on any atom is -0.447 e. The number of carbonyl (C=O) groups excluding carboxylic acids is 1. The van der Waals surface area contributed by atoms with Crippen LogP contribution < -0.4 is 15.0 Å². The molecule has 12 nitrogen and oxygen atoms in total. The molecule has 1 fully saturated rings. The van der Waals surface area contributed by atoms with Crippen LogP contribution >= 0.6 is 0 Å². The van der Waals surface area contributed by atoms with Gasteiger partial charge in [0.1, 0.15) is 18.8 Å². The second kappa shape index (κ2) is 9.07. The van der Waals surface area contributed by atoms with Gasteiger partial charge in [0.05, 0.1) is 30.2 Å². The molecular formula is C19H20F3N9O3. The van der Waals surface area contributed by atoms with E-state index in [-0.39, 0.29) is 36.4 Å². The number of aryl methyl sites for hydroxylation is 1. The third-order valence-electron chi connectivity index (χ3n) is 4.87. The summed E-state index contributed by atoms with van der Waals surface area (Å²) in [6.45, 7) is 5.70. The van der Waals surface area contributed by atoms with Crippen molar-refractivity contribution in [3.8, 4) is 11.7 Å². The molecule has 34 heavy (non-hydrogen) atoms. The predicted molar refractivity (Wildman–Crippen MR) is 110 cm³/mol. The zero-order valence-corrected chi connectivity index (χ0v) is 18.3. The van der Waals surface area contributed by atoms with Gasteiger partial charge in [-0.2, -0.15) is 15.0 Å². The van der Waals surface area contributed by atoms with E-state index in [4.69, 9.17) is 4.74 Å². The van der Waals surface area contributed by atoms with Gasteiger partial charge in [-0.25, -0.2) is 24.6 Å². The van der Waals surface area contributed by atoms with Crippen LogP contribution in [0.1, 0.15) is 37.8 Å². The molecule has 0 aliphatic carbocycles. The van der Waals surface area contributed by atoms with Crippen molar-refractivity contribution in [3.63, 3.8) is 0 Å². The van der Waals surface area contributed by atoms with E-state index < -0.39 is 18.3 Å². The smallest absolute Gasteiger partial charge is 0.447 e. The van der Waals surface area contributed by atoms with Crippen molar-refractivity contribution in [1.82, 2.24) is 34.5 Å². The lowest BCUT2D eigenvalue weighted by molar-refractivity contribution is -0.276. The van der Waals surface area contributed by atoms with E-state index >= 15 is 0 Å². The van der Waals surface area contributed by atoms with Crippen molar-refractivity contribution in [1.29, 1.82) is 0 Å². The number of amides is 1. The lowest BCUT2D eigenvalue weighted by Gasteiger charge is -2.19. The topological polar surface area (TPSA) is 133 Å². The summed E-state index contributed by atoms with van der Waals surface area (Å²) in [5.41, 5.74) is 0.573. The molecule has 15 heteroatoms. The number of ether oxygens (including phenoxy) is 2. The number of aromatic nitrogens is 7. The standard InChI is InChI=1S/C19H20F3N9O3/c1-4-12-8-33-18(32)31(12)17-28-11(3)27-16(29-17)26-10(2)13-7-30(9-25-13)14-5-24-15(6-23-14)34-19(20,21)22/h5-7,9-10,12H,4,8H2,1-3H3,(H,26,27,28,29)/t10-,12-/m0/s1. The normalized spacial score (nSPS) is 16.9. The van der Waals surface area contributed by atoms with Crippen molar-refractivity contribution in [2.45, 2.75) is 45.6 Å². The van der Waals surface area contributed by atoms with Gasteiger partial charge in [-0.3, -0.25) is 4.57 Å². The Hall–Kier alpha value is -4.04. The second-order valence-corrected chi connectivity index (χ2v) is 7.35. The fraction of sp³-hybridized carbons (Fsp3) is 0.421. The highest BCUT2D eigenvalue weighted by molar-refractivity contribution is 5.88. The molecule has 0 saturated carbocycles. The summed E-state index contributed by atoms with van der Waals surface area (Å²) in [4.78, 5) is 38.3. The number of hydrogen-bond acceptors (Lipinski definition) is 10. The van der Waals surface area contributed by atoms with Crippen LogP contribution in [0, 0.1) is 6.92 Å². The molecule has 0 spiro atoms. The molecule has 4 rings (SSSR count). The highest BCUT2D eigenvalue weighted by Crippen LogP contribution is 2.24. The zero-order chi connectivity index (χ0) is 24.5. The first-order valence-corrected chi connectivity index (χ1v) is 10.2. The quantitative estimate of drug-likeness (QED) is 0.539. The highest BCUT2D eigenvalue weighted by atomic mass is 19.4. The Bertz CT molecular complexity index is 1170. The number of hydrogen-bond donors (Lipinski definition) is 1. The van der Waals surface area contributed by atoms with Crippen LogP contribution in [0.25, 0.3) is 5.82 Å². The Morgan fingerprint density at radius 3 is 2.71 bits per heavy atom. The summed E-state index contributed by atoms with van der Waals surface area (Å²) in [7, 11) is 0. The van der Waals surface area contributed by atoms with E-state index in [1.807, 2.05) is 13.8 Å². The monoisotopic (exact) mass is 479 g/mol. The number of nitrogens with one attached hydrogen (secondary N) is 1. The molecule has 1 saturated heterocycles. The molecular weight excluding hydrogens is 459 g/mol. The van der Waals surface area contributed by atoms with E-state index in [1.165, 1.54) is 15.8 Å². The summed E-state index contributed by atoms with van der Waals surface area (Å²) in [5, 5.41) is 3.11. The molecule has 3 aromatic rings. The van der Waals surface area contributed by atoms with Gasteiger partial charge in [0.25, 0.3) is 0 Å². The van der Waals surface area contributed by atoms with Crippen LogP contribution in [-0.4, -0.2) is 59.6 Å². The van der Waals surface area contributed by atoms with Crippen LogP contribution in [0.4, 0.5) is 29.9 Å². The zero-order valence-electron chi connectivity index (χ0n) is 18.3. The Morgan fingerprint density at radius 2 is 2.03 bits per heavy atom. The molecule has 0 unspecified atom stereocenters. The van der Waals surface area contributed by atoms with Crippen LogP contribution in [-0.2, 0) is 4.74 Å². The van der Waals surface area contributed by atoms with E-state index in [0.29, 0.717) is 17.9 Å². The number of imidazole rings is 1. The summed E-state index contributed by atoms with van der Waals surface area (Å²) < 4.78 is 47.2. The number of rotatable bonds is 7. The minimum absolute atomic E-state index is 0.163. The molecule has 2 atom stereocenters. The van der Waals surface area contributed by atoms with E-state index in [2.05, 4.69) is 40.0 Å². The Morgan fingerprint density at radius 1 is 1.24 bits per heavy atom. The summed E-state index contributed by atoms with van der Waals surface area (Å²) in [5.74, 6) is 0.430. The van der Waals surface area contributed by atoms with Crippen molar-refractivity contribution >= 4 is 18.0 Å². The van der Waals surface area contributed by atoms with Crippen LogP contribution in [0.3, 0.4) is 0 Å². The van der Waals surface area contributed by atoms with Gasteiger partial charge in [-0.05, 0) is 20.3 Å². The molecule has 0 aromatic carbocycles. The molecule has 3 aromatic heterocycles. The van der Waals surface area contributed by atoms with Gasteiger partial charge >= 0.3 is 12.5 Å². The number of nitrogens with zero attached hydrogens (tertiary/aromatic N) is 8. The fourth-order valence-electron chi connectivity index (χ4n) is 3.21. The number of alkyl halides is 3. The fourth-order valence-corrected chi connectivity index (χ4v) is 3.21. The first kappa shape index (κ1) is 23.1. The maximum Gasteiger partial charge on any atom is 0.574 e. The molecule has 4 heterocycles. The molecule has 0 radical (unpaired) electrons. The van der Waals surface area contributed by atoms with E-state index in [1.54, 1.807) is 13.1 Å². The summed E-state index contributed by atoms with van der Waals surface area (Å²) in [6, 6.07) is -0.534. The first-order chi connectivity index (χ1) is 16.1. The number of anilines is 2. The molecule has 1 aliphatic rings.